The van der Waals surface area contributed by atoms with Crippen molar-refractivity contribution in [3.63, 3.8) is 0 Å². The van der Waals surface area contributed by atoms with Crippen LogP contribution in [0, 0.1) is 29.6 Å². The number of nitrogens with zero attached hydrogens (tertiary/aromatic N) is 1. The highest BCUT2D eigenvalue weighted by Gasteiger charge is 2.31. The monoisotopic (exact) mass is 283 g/mol. The highest BCUT2D eigenvalue weighted by Crippen LogP contribution is 2.26. The van der Waals surface area contributed by atoms with Crippen LogP contribution in [0.3, 0.4) is 0 Å². The van der Waals surface area contributed by atoms with Gasteiger partial charge in [-0.2, -0.15) is 0 Å². The average Bonchev–Trinajstić information content (AvgIpc) is 2.36. The fraction of sp³-hybridized carbons (Fsp3) is 0.944. The number of hydrogen-bond donors (Lipinski definition) is 0. The van der Waals surface area contributed by atoms with Gasteiger partial charge in [-0.25, -0.2) is 0 Å². The summed E-state index contributed by atoms with van der Waals surface area (Å²) in [4.78, 5) is 15.1. The van der Waals surface area contributed by atoms with Crippen LogP contribution in [0.15, 0.2) is 0 Å². The molecule has 120 valence electrons. The summed E-state index contributed by atoms with van der Waals surface area (Å²) >= 11 is 0. The summed E-state index contributed by atoms with van der Waals surface area (Å²) in [5.41, 5.74) is 0. The normalized spacial score (nSPS) is 16.3. The van der Waals surface area contributed by atoms with Crippen LogP contribution < -0.4 is 0 Å². The highest BCUT2D eigenvalue weighted by molar-refractivity contribution is 5.79. The van der Waals surface area contributed by atoms with E-state index in [9.17, 15) is 4.79 Å². The van der Waals surface area contributed by atoms with E-state index in [2.05, 4.69) is 60.3 Å². The standard InChI is InChI=1S/C18H37NO/c1-9-15(7)12-19(11-13(3)4)18(20)17(14(5)6)16(8)10-2/h13-17H,9-12H2,1-8H3. The molecular formula is C18H37NO. The summed E-state index contributed by atoms with van der Waals surface area (Å²) in [5.74, 6) is 2.56. The third kappa shape index (κ3) is 6.28. The zero-order chi connectivity index (χ0) is 15.9. The van der Waals surface area contributed by atoms with Crippen LogP contribution in [0.25, 0.3) is 0 Å². The lowest BCUT2D eigenvalue weighted by atomic mass is 9.81. The molecule has 0 N–H and O–H groups in total. The molecule has 20 heavy (non-hydrogen) atoms. The molecule has 3 atom stereocenters. The van der Waals surface area contributed by atoms with E-state index in [-0.39, 0.29) is 5.92 Å². The lowest BCUT2D eigenvalue weighted by Gasteiger charge is -2.34. The second-order valence-electron chi connectivity index (χ2n) is 7.31. The zero-order valence-electron chi connectivity index (χ0n) is 15.1. The summed E-state index contributed by atoms with van der Waals surface area (Å²) < 4.78 is 0. The Morgan fingerprint density at radius 1 is 0.900 bits per heavy atom. The Hall–Kier alpha value is -0.530. The first-order valence-electron chi connectivity index (χ1n) is 8.53. The van der Waals surface area contributed by atoms with Crippen LogP contribution in [-0.4, -0.2) is 23.9 Å². The van der Waals surface area contributed by atoms with Crippen LogP contribution in [0.5, 0.6) is 0 Å². The molecule has 0 heterocycles. The molecule has 0 aliphatic carbocycles. The molecular weight excluding hydrogens is 246 g/mol. The molecule has 0 aromatic carbocycles. The van der Waals surface area contributed by atoms with Crippen LogP contribution in [0.2, 0.25) is 0 Å². The van der Waals surface area contributed by atoms with Gasteiger partial charge in [0, 0.05) is 19.0 Å². The Labute approximate surface area is 127 Å². The fourth-order valence-corrected chi connectivity index (χ4v) is 2.85. The van der Waals surface area contributed by atoms with Crippen molar-refractivity contribution in [1.82, 2.24) is 4.90 Å². The van der Waals surface area contributed by atoms with Gasteiger partial charge in [0.25, 0.3) is 0 Å². The SMILES string of the molecule is CCC(C)CN(CC(C)C)C(=O)C(C(C)C)C(C)CC. The van der Waals surface area contributed by atoms with Crippen molar-refractivity contribution in [2.24, 2.45) is 29.6 Å². The first-order valence-corrected chi connectivity index (χ1v) is 8.53. The van der Waals surface area contributed by atoms with Crippen molar-refractivity contribution in [1.29, 1.82) is 0 Å². The third-order valence-electron chi connectivity index (χ3n) is 4.39. The molecule has 0 aliphatic rings. The van der Waals surface area contributed by atoms with E-state index in [1.54, 1.807) is 0 Å². The van der Waals surface area contributed by atoms with Gasteiger partial charge >= 0.3 is 0 Å². The van der Waals surface area contributed by atoms with Gasteiger partial charge in [-0.1, -0.05) is 68.2 Å². The summed E-state index contributed by atoms with van der Waals surface area (Å²) in [7, 11) is 0. The van der Waals surface area contributed by atoms with Crippen molar-refractivity contribution in [2.75, 3.05) is 13.1 Å². The molecule has 0 aromatic heterocycles. The average molecular weight is 284 g/mol. The third-order valence-corrected chi connectivity index (χ3v) is 4.39. The fourth-order valence-electron chi connectivity index (χ4n) is 2.85. The van der Waals surface area contributed by atoms with Crippen molar-refractivity contribution in [3.8, 4) is 0 Å². The van der Waals surface area contributed by atoms with Gasteiger partial charge in [-0.3, -0.25) is 4.79 Å². The maximum absolute atomic E-state index is 13.0. The molecule has 0 aromatic rings. The number of rotatable bonds is 9. The maximum Gasteiger partial charge on any atom is 0.226 e. The molecule has 0 spiro atoms. The van der Waals surface area contributed by atoms with Gasteiger partial charge in [-0.15, -0.1) is 0 Å². The van der Waals surface area contributed by atoms with E-state index in [1.807, 2.05) is 0 Å². The van der Waals surface area contributed by atoms with Crippen molar-refractivity contribution < 1.29 is 4.79 Å². The zero-order valence-corrected chi connectivity index (χ0v) is 15.1. The molecule has 0 aliphatic heterocycles. The second-order valence-corrected chi connectivity index (χ2v) is 7.31. The first-order chi connectivity index (χ1) is 9.24. The molecule has 0 fully saturated rings. The van der Waals surface area contributed by atoms with E-state index in [0.717, 1.165) is 25.9 Å². The topological polar surface area (TPSA) is 20.3 Å². The quantitative estimate of drug-likeness (QED) is 0.593. The molecule has 0 rings (SSSR count). The highest BCUT2D eigenvalue weighted by atomic mass is 16.2. The smallest absolute Gasteiger partial charge is 0.226 e. The number of carbonyl (C=O) groups excluding carboxylic acids is 1. The van der Waals surface area contributed by atoms with E-state index in [1.165, 1.54) is 0 Å². The molecule has 0 radical (unpaired) electrons. The Morgan fingerprint density at radius 3 is 1.80 bits per heavy atom. The molecule has 1 amide bonds. The molecule has 2 nitrogen and oxygen atoms in total. The molecule has 3 unspecified atom stereocenters. The Morgan fingerprint density at radius 2 is 1.45 bits per heavy atom. The first kappa shape index (κ1) is 19.5. The summed E-state index contributed by atoms with van der Waals surface area (Å²) in [5, 5.41) is 0. The van der Waals surface area contributed by atoms with Crippen LogP contribution in [0.4, 0.5) is 0 Å². The van der Waals surface area contributed by atoms with Gasteiger partial charge in [-0.05, 0) is 23.7 Å². The largest absolute Gasteiger partial charge is 0.342 e. The Kier molecular flexibility index (Phi) is 9.16. The summed E-state index contributed by atoms with van der Waals surface area (Å²) in [6, 6.07) is 0. The lowest BCUT2D eigenvalue weighted by molar-refractivity contribution is -0.140. The van der Waals surface area contributed by atoms with Gasteiger partial charge in [0.05, 0.1) is 0 Å². The van der Waals surface area contributed by atoms with Gasteiger partial charge in [0.15, 0.2) is 0 Å². The van der Waals surface area contributed by atoms with Crippen molar-refractivity contribution in [2.45, 2.75) is 68.2 Å². The predicted molar refractivity (Wildman–Crippen MR) is 88.7 cm³/mol. The molecule has 0 saturated carbocycles. The minimum absolute atomic E-state index is 0.169. The second kappa shape index (κ2) is 9.41. The minimum atomic E-state index is 0.169. The summed E-state index contributed by atoms with van der Waals surface area (Å²) in [6.07, 6.45) is 2.21. The van der Waals surface area contributed by atoms with Gasteiger partial charge in [0.1, 0.15) is 0 Å². The number of amides is 1. The van der Waals surface area contributed by atoms with E-state index >= 15 is 0 Å². The molecule has 0 saturated heterocycles. The molecule has 0 bridgehead atoms. The van der Waals surface area contributed by atoms with Gasteiger partial charge < -0.3 is 4.90 Å². The number of hydrogen-bond acceptors (Lipinski definition) is 1. The lowest BCUT2D eigenvalue weighted by Crippen LogP contribution is -2.44. The summed E-state index contributed by atoms with van der Waals surface area (Å²) in [6.45, 7) is 19.4. The Bertz CT molecular complexity index is 273. The van der Waals surface area contributed by atoms with Crippen LogP contribution >= 0.6 is 0 Å². The minimum Gasteiger partial charge on any atom is -0.342 e. The van der Waals surface area contributed by atoms with Gasteiger partial charge in [0.2, 0.25) is 5.91 Å². The number of carbonyl (C=O) groups is 1. The predicted octanol–water partition coefficient (Wildman–Crippen LogP) is 4.84. The Balaban J connectivity index is 5.05. The van der Waals surface area contributed by atoms with Crippen molar-refractivity contribution >= 4 is 5.91 Å². The van der Waals surface area contributed by atoms with E-state index in [4.69, 9.17) is 0 Å². The molecule has 2 heteroatoms. The van der Waals surface area contributed by atoms with Crippen molar-refractivity contribution in [3.05, 3.63) is 0 Å². The maximum atomic E-state index is 13.0. The van der Waals surface area contributed by atoms with E-state index < -0.39 is 0 Å². The van der Waals surface area contributed by atoms with Crippen LogP contribution in [-0.2, 0) is 4.79 Å². The van der Waals surface area contributed by atoms with E-state index in [0.29, 0.717) is 29.6 Å². The van der Waals surface area contributed by atoms with Crippen LogP contribution in [0.1, 0.15) is 68.2 Å².